The fourth-order valence-electron chi connectivity index (χ4n) is 6.71. The van der Waals surface area contributed by atoms with Gasteiger partial charge in [-0.05, 0) is 79.9 Å². The molecule has 0 amide bonds. The highest BCUT2D eigenvalue weighted by Crippen LogP contribution is 2.41. The molecule has 68 heavy (non-hydrogen) atoms. The number of thioether (sulfide) groups is 2. The number of thiocarbonyl (C=S) groups is 1. The Bertz CT molecular complexity index is 2430. The van der Waals surface area contributed by atoms with Gasteiger partial charge in [0.25, 0.3) is 0 Å². The Hall–Kier alpha value is -6.36. The number of aromatic hydroxyl groups is 2. The number of carbonyl (C=O) groups excluding carboxylic acids is 3. The number of ether oxygens (including phenoxy) is 4. The molecule has 0 unspecified atom stereocenters. The van der Waals surface area contributed by atoms with Crippen molar-refractivity contribution in [2.24, 2.45) is 11.8 Å². The third-order valence-electron chi connectivity index (χ3n) is 10.4. The van der Waals surface area contributed by atoms with Gasteiger partial charge in [-0.25, -0.2) is 13.8 Å². The monoisotopic (exact) mass is 982 g/mol. The van der Waals surface area contributed by atoms with Crippen molar-refractivity contribution in [1.29, 1.82) is 0 Å². The van der Waals surface area contributed by atoms with Gasteiger partial charge < -0.3 is 29.2 Å². The van der Waals surface area contributed by atoms with Crippen LogP contribution in [0.2, 0.25) is 0 Å². The molecule has 0 spiro atoms. The zero-order chi connectivity index (χ0) is 49.3. The minimum atomic E-state index is -0.766. The van der Waals surface area contributed by atoms with E-state index in [0.29, 0.717) is 4.86 Å². The number of halogens is 2. The molecule has 2 aromatic heterocycles. The summed E-state index contributed by atoms with van der Waals surface area (Å²) in [5.41, 5.74) is 1.72. The van der Waals surface area contributed by atoms with Gasteiger partial charge in [0, 0.05) is 45.6 Å². The first-order chi connectivity index (χ1) is 32.6. The van der Waals surface area contributed by atoms with Crippen molar-refractivity contribution in [1.82, 2.24) is 9.97 Å². The average Bonchev–Trinajstić information content (AvgIpc) is 3.33. The number of hydrogen-bond donors (Lipinski definition) is 2. The summed E-state index contributed by atoms with van der Waals surface area (Å²) in [6, 6.07) is 34.7. The number of esters is 2. The van der Waals surface area contributed by atoms with Crippen LogP contribution in [0.15, 0.2) is 144 Å². The van der Waals surface area contributed by atoms with E-state index < -0.39 is 41.8 Å². The lowest BCUT2D eigenvalue weighted by Gasteiger charge is -2.25. The highest BCUT2D eigenvalue weighted by Gasteiger charge is 2.30. The summed E-state index contributed by atoms with van der Waals surface area (Å²) in [7, 11) is 2.81. The molecule has 2 heterocycles. The van der Waals surface area contributed by atoms with E-state index >= 15 is 0 Å². The second-order valence-electron chi connectivity index (χ2n) is 15.6. The van der Waals surface area contributed by atoms with E-state index in [1.54, 1.807) is 56.8 Å². The Morgan fingerprint density at radius 1 is 0.574 bits per heavy atom. The van der Waals surface area contributed by atoms with Crippen LogP contribution in [-0.2, 0) is 19.1 Å². The van der Waals surface area contributed by atoms with Gasteiger partial charge in [0.05, 0.1) is 36.6 Å². The Labute approximate surface area is 408 Å². The maximum Gasteiger partial charge on any atom is 0.309 e. The number of pyridine rings is 2. The van der Waals surface area contributed by atoms with Crippen molar-refractivity contribution in [3.05, 3.63) is 168 Å². The number of rotatable bonds is 20. The highest BCUT2D eigenvalue weighted by atomic mass is 32.2. The largest absolute Gasteiger partial charge is 0.503 e. The molecule has 16 heteroatoms. The Kier molecular flexibility index (Phi) is 19.9. The van der Waals surface area contributed by atoms with Gasteiger partial charge in [0.15, 0.2) is 34.5 Å². The van der Waals surface area contributed by atoms with Crippen LogP contribution < -0.4 is 9.47 Å². The summed E-state index contributed by atoms with van der Waals surface area (Å²) < 4.78 is 48.6. The maximum absolute atomic E-state index is 13.5. The second-order valence-corrected chi connectivity index (χ2v) is 18.5. The van der Waals surface area contributed by atoms with Crippen LogP contribution in [0.5, 0.6) is 23.0 Å². The summed E-state index contributed by atoms with van der Waals surface area (Å²) in [6.07, 6.45) is 1.77. The third kappa shape index (κ3) is 14.8. The minimum Gasteiger partial charge on any atom is -0.503 e. The van der Waals surface area contributed by atoms with Crippen molar-refractivity contribution < 1.29 is 52.3 Å². The predicted octanol–water partition coefficient (Wildman–Crippen LogP) is 11.8. The molecular weight excluding hydrogens is 931 g/mol. The molecule has 0 aliphatic carbocycles. The molecule has 0 fully saturated rings. The van der Waals surface area contributed by atoms with Gasteiger partial charge in [0.1, 0.15) is 29.5 Å². The molecule has 0 saturated heterocycles. The molecule has 0 saturated carbocycles. The Morgan fingerprint density at radius 2 is 0.956 bits per heavy atom. The van der Waals surface area contributed by atoms with Crippen molar-refractivity contribution in [2.75, 3.05) is 14.2 Å². The molecule has 4 aromatic carbocycles. The number of carbonyl (C=O) groups is 3. The molecule has 0 aliphatic heterocycles. The molecule has 11 nitrogen and oxygen atoms in total. The minimum absolute atomic E-state index is 0.127. The first kappa shape index (κ1) is 52.6. The van der Waals surface area contributed by atoms with Crippen LogP contribution >= 0.6 is 35.7 Å². The standard InChI is InChI=1S/C26H26FNO5S.C26H26FNO4S2/c1-16(15-21(29)23-24(30)22(32-3)13-14-28-23)26(31)33-17(2)25(18-9-11-19(27)12-10-18)34-20-7-5-4-6-8-20;1-16(15-22(33)23-24(29)21(31-3)13-14-28-23)26(30)32-17(2)25(18-9-11-19(27)12-10-18)34-20-7-5-4-6-8-20/h4-14,16-17,25,30H,15H2,1-3H3;4-14,16-17,25,29H,15H2,1-3H3/t2*16-,17+,25+/m11/s1. The van der Waals surface area contributed by atoms with Crippen molar-refractivity contribution in [2.45, 2.75) is 73.0 Å². The van der Waals surface area contributed by atoms with Crippen molar-refractivity contribution >= 4 is 58.3 Å². The number of benzene rings is 4. The van der Waals surface area contributed by atoms with Crippen LogP contribution in [0.3, 0.4) is 0 Å². The molecule has 6 atom stereocenters. The quantitative estimate of drug-likeness (QED) is 0.0323. The summed E-state index contributed by atoms with van der Waals surface area (Å²) in [6.45, 7) is 6.89. The van der Waals surface area contributed by atoms with Gasteiger partial charge in [0.2, 0.25) is 0 Å². The van der Waals surface area contributed by atoms with E-state index in [4.69, 9.17) is 31.2 Å². The van der Waals surface area contributed by atoms with E-state index in [9.17, 15) is 33.4 Å². The molecule has 6 aromatic rings. The van der Waals surface area contributed by atoms with Gasteiger partial charge >= 0.3 is 11.9 Å². The Balaban J connectivity index is 0.000000254. The van der Waals surface area contributed by atoms with E-state index in [0.717, 1.165) is 20.9 Å². The molecular formula is C52H52F2N2O9S3. The fraction of sp³-hybridized carbons (Fsp3) is 0.269. The van der Waals surface area contributed by atoms with Gasteiger partial charge in [-0.2, -0.15) is 0 Å². The fourth-order valence-corrected chi connectivity index (χ4v) is 9.41. The van der Waals surface area contributed by atoms with Crippen molar-refractivity contribution in [3.63, 3.8) is 0 Å². The summed E-state index contributed by atoms with van der Waals surface area (Å²) >= 11 is 8.47. The first-order valence-corrected chi connectivity index (χ1v) is 23.6. The molecule has 0 aliphatic rings. The number of Topliss-reactive ketones (excluding diaryl/α,β-unsaturated/α-hetero) is 1. The molecule has 0 radical (unpaired) electrons. The molecule has 6 rings (SSSR count). The van der Waals surface area contributed by atoms with Crippen molar-refractivity contribution in [3.8, 4) is 23.0 Å². The van der Waals surface area contributed by atoms with Gasteiger partial charge in [-0.15, -0.1) is 23.5 Å². The lowest BCUT2D eigenvalue weighted by atomic mass is 10.0. The smallest absolute Gasteiger partial charge is 0.309 e. The van der Waals surface area contributed by atoms with Crippen LogP contribution in [0.1, 0.15) is 78.3 Å². The lowest BCUT2D eigenvalue weighted by Crippen LogP contribution is -2.26. The van der Waals surface area contributed by atoms with Gasteiger partial charge in [-0.3, -0.25) is 19.4 Å². The second kappa shape index (κ2) is 25.7. The van der Waals surface area contributed by atoms with E-state index in [1.165, 1.54) is 74.8 Å². The average molecular weight is 983 g/mol. The van der Waals surface area contributed by atoms with Gasteiger partial charge in [-0.1, -0.05) is 86.7 Å². The van der Waals surface area contributed by atoms with E-state index in [-0.39, 0.29) is 69.4 Å². The summed E-state index contributed by atoms with van der Waals surface area (Å²) in [5, 5.41) is 19.9. The third-order valence-corrected chi connectivity index (χ3v) is 13.7. The zero-order valence-corrected chi connectivity index (χ0v) is 40.7. The Morgan fingerprint density at radius 3 is 1.37 bits per heavy atom. The number of ketones is 1. The molecule has 2 N–H and O–H groups in total. The van der Waals surface area contributed by atoms with Crippen LogP contribution in [-0.4, -0.2) is 69.2 Å². The number of hydrogen-bond acceptors (Lipinski definition) is 14. The number of nitrogens with zero attached hydrogens (tertiary/aromatic N) is 2. The van der Waals surface area contributed by atoms with E-state index in [2.05, 4.69) is 9.97 Å². The zero-order valence-electron chi connectivity index (χ0n) is 38.2. The highest BCUT2D eigenvalue weighted by molar-refractivity contribution is 7.99. The SMILES string of the molecule is COc1ccnc(C(=O)C[C@@H](C)C(=O)O[C@@H](C)[C@H](Sc2ccccc2)c2ccc(F)cc2)c1O.COc1ccnc(C(=S)C[C@@H](C)C(=O)O[C@@H](C)[C@H](Sc2ccccc2)c2ccc(F)cc2)c1O. The predicted molar refractivity (Wildman–Crippen MR) is 262 cm³/mol. The van der Waals surface area contributed by atoms with E-state index in [1.807, 2.05) is 67.6 Å². The molecule has 356 valence electrons. The topological polar surface area (TPSA) is 154 Å². The lowest BCUT2D eigenvalue weighted by molar-refractivity contribution is -0.153. The first-order valence-electron chi connectivity index (χ1n) is 21.5. The molecule has 0 bridgehead atoms. The number of methoxy groups -OCH3 is 2. The van der Waals surface area contributed by atoms with Crippen LogP contribution in [0.25, 0.3) is 0 Å². The van der Waals surface area contributed by atoms with Crippen LogP contribution in [0.4, 0.5) is 8.78 Å². The summed E-state index contributed by atoms with van der Waals surface area (Å²) in [5.74, 6) is -3.59. The normalized spacial score (nSPS) is 13.5. The van der Waals surface area contributed by atoms with Crippen LogP contribution in [0, 0.1) is 23.5 Å². The summed E-state index contributed by atoms with van der Waals surface area (Å²) in [4.78, 5) is 48.7. The number of aromatic nitrogens is 2. The maximum atomic E-state index is 13.5.